The van der Waals surface area contributed by atoms with Crippen LogP contribution >= 0.6 is 0 Å². The first kappa shape index (κ1) is 14.5. The van der Waals surface area contributed by atoms with Gasteiger partial charge in [0, 0.05) is 0 Å². The first-order valence-corrected chi connectivity index (χ1v) is 4.21. The highest BCUT2D eigenvalue weighted by Crippen LogP contribution is 2.05. The molecule has 0 rings (SSSR count). The van der Waals surface area contributed by atoms with Crippen molar-refractivity contribution in [1.29, 1.82) is 0 Å². The molecule has 78 valence electrons. The van der Waals surface area contributed by atoms with Gasteiger partial charge >= 0.3 is 11.9 Å². The third-order valence-corrected chi connectivity index (χ3v) is 1.64. The molecule has 0 radical (unpaired) electrons. The highest BCUT2D eigenvalue weighted by Gasteiger charge is 2.01. The Kier molecular flexibility index (Phi) is 8.44. The Bertz CT molecular complexity index is 143. The molecule has 0 spiro atoms. The Morgan fingerprint density at radius 3 is 1.15 bits per heavy atom. The summed E-state index contributed by atoms with van der Waals surface area (Å²) in [6, 6.07) is 0. The van der Waals surface area contributed by atoms with E-state index in [1.807, 2.05) is 0 Å². The molecule has 13 heavy (non-hydrogen) atoms. The molecule has 0 aliphatic rings. The van der Waals surface area contributed by atoms with E-state index in [2.05, 4.69) is 27.7 Å². The van der Waals surface area contributed by atoms with E-state index < -0.39 is 18.4 Å². The lowest BCUT2D eigenvalue weighted by molar-refractivity contribution is -0.147. The number of rotatable bonds is 3. The quantitative estimate of drug-likeness (QED) is 0.666. The van der Waals surface area contributed by atoms with Crippen molar-refractivity contribution >= 4 is 11.9 Å². The van der Waals surface area contributed by atoms with Crippen molar-refractivity contribution in [2.45, 2.75) is 34.1 Å². The molecule has 0 bridgehead atoms. The van der Waals surface area contributed by atoms with Crippen molar-refractivity contribution in [3.63, 3.8) is 0 Å². The van der Waals surface area contributed by atoms with Gasteiger partial charge in [-0.2, -0.15) is 0 Å². The normalized spacial score (nSPS) is 9.38. The fourth-order valence-corrected chi connectivity index (χ4v) is 0.129. The second-order valence-electron chi connectivity index (χ2n) is 3.45. The fourth-order valence-electron chi connectivity index (χ4n) is 0.129. The van der Waals surface area contributed by atoms with Crippen molar-refractivity contribution in [2.75, 3.05) is 0 Å². The maximum Gasteiger partial charge on any atom is 0.314 e. The Morgan fingerprint density at radius 2 is 1.15 bits per heavy atom. The molecular formula is C9H18O4. The number of carbonyl (C=O) groups is 2. The molecule has 0 fully saturated rings. The molecule has 0 amide bonds. The third-order valence-electron chi connectivity index (χ3n) is 1.64. The molecular weight excluding hydrogens is 172 g/mol. The molecule has 0 saturated heterocycles. The zero-order valence-corrected chi connectivity index (χ0v) is 8.57. The first-order valence-electron chi connectivity index (χ1n) is 4.21. The predicted molar refractivity (Wildman–Crippen MR) is 49.6 cm³/mol. The van der Waals surface area contributed by atoms with Gasteiger partial charge in [0.05, 0.1) is 0 Å². The third kappa shape index (κ3) is 18.2. The highest BCUT2D eigenvalue weighted by atomic mass is 16.4. The number of carboxylic acids is 2. The van der Waals surface area contributed by atoms with Gasteiger partial charge in [-0.25, -0.2) is 0 Å². The molecule has 0 unspecified atom stereocenters. The molecule has 0 aromatic carbocycles. The number of hydrogen-bond donors (Lipinski definition) is 2. The van der Waals surface area contributed by atoms with Gasteiger partial charge in [0.2, 0.25) is 0 Å². The molecule has 0 atom stereocenters. The summed E-state index contributed by atoms with van der Waals surface area (Å²) < 4.78 is 0. The van der Waals surface area contributed by atoms with Crippen LogP contribution in [0.15, 0.2) is 0 Å². The SMILES string of the molecule is CC(C)C(C)C.O=C(O)CC(=O)O. The molecule has 4 heteroatoms. The van der Waals surface area contributed by atoms with Gasteiger partial charge in [0.25, 0.3) is 0 Å². The molecule has 0 heterocycles. The van der Waals surface area contributed by atoms with Gasteiger partial charge < -0.3 is 10.2 Å². The van der Waals surface area contributed by atoms with E-state index in [9.17, 15) is 9.59 Å². The maximum absolute atomic E-state index is 9.43. The zero-order valence-electron chi connectivity index (χ0n) is 8.57. The van der Waals surface area contributed by atoms with E-state index in [4.69, 9.17) is 10.2 Å². The minimum absolute atomic E-state index is 0.806. The van der Waals surface area contributed by atoms with E-state index in [1.54, 1.807) is 0 Å². The Labute approximate surface area is 78.6 Å². The zero-order chi connectivity index (χ0) is 11.0. The monoisotopic (exact) mass is 190 g/mol. The number of aliphatic carboxylic acids is 2. The minimum atomic E-state index is -1.31. The van der Waals surface area contributed by atoms with Crippen LogP contribution in [0.1, 0.15) is 34.1 Å². The Morgan fingerprint density at radius 1 is 0.923 bits per heavy atom. The summed E-state index contributed by atoms with van der Waals surface area (Å²) >= 11 is 0. The summed E-state index contributed by atoms with van der Waals surface area (Å²) in [7, 11) is 0. The molecule has 0 aliphatic carbocycles. The lowest BCUT2D eigenvalue weighted by Crippen LogP contribution is -2.03. The second-order valence-corrected chi connectivity index (χ2v) is 3.45. The summed E-state index contributed by atoms with van der Waals surface area (Å²) in [5.74, 6) is -0.921. The Balaban J connectivity index is 0. The first-order chi connectivity index (χ1) is 5.77. The van der Waals surface area contributed by atoms with Gasteiger partial charge in [-0.3, -0.25) is 9.59 Å². The van der Waals surface area contributed by atoms with Crippen molar-refractivity contribution < 1.29 is 19.8 Å². The van der Waals surface area contributed by atoms with Crippen LogP contribution in [0.5, 0.6) is 0 Å². The van der Waals surface area contributed by atoms with Crippen LogP contribution in [-0.2, 0) is 9.59 Å². The van der Waals surface area contributed by atoms with Gasteiger partial charge in [-0.1, -0.05) is 27.7 Å². The van der Waals surface area contributed by atoms with Crippen LogP contribution in [-0.4, -0.2) is 22.2 Å². The van der Waals surface area contributed by atoms with Gasteiger partial charge in [0.15, 0.2) is 0 Å². The van der Waals surface area contributed by atoms with Crippen LogP contribution in [0.25, 0.3) is 0 Å². The van der Waals surface area contributed by atoms with Crippen LogP contribution in [0.4, 0.5) is 0 Å². The van der Waals surface area contributed by atoms with Crippen molar-refractivity contribution in [1.82, 2.24) is 0 Å². The molecule has 0 saturated carbocycles. The van der Waals surface area contributed by atoms with Crippen LogP contribution in [0.2, 0.25) is 0 Å². The maximum atomic E-state index is 9.43. The topological polar surface area (TPSA) is 74.6 Å². The Hall–Kier alpha value is -1.06. The largest absolute Gasteiger partial charge is 0.481 e. The summed E-state index contributed by atoms with van der Waals surface area (Å²) in [5, 5.41) is 15.4. The molecule has 0 aromatic rings. The fraction of sp³-hybridized carbons (Fsp3) is 0.778. The van der Waals surface area contributed by atoms with E-state index in [1.165, 1.54) is 0 Å². The van der Waals surface area contributed by atoms with E-state index >= 15 is 0 Å². The van der Waals surface area contributed by atoms with E-state index in [0.29, 0.717) is 0 Å². The summed E-state index contributed by atoms with van der Waals surface area (Å²) in [6.07, 6.45) is -0.806. The van der Waals surface area contributed by atoms with Gasteiger partial charge in [0.1, 0.15) is 6.42 Å². The number of carboxylic acid groups (broad SMARTS) is 2. The van der Waals surface area contributed by atoms with Crippen molar-refractivity contribution in [3.8, 4) is 0 Å². The van der Waals surface area contributed by atoms with Gasteiger partial charge in [-0.15, -0.1) is 0 Å². The van der Waals surface area contributed by atoms with Crippen LogP contribution < -0.4 is 0 Å². The van der Waals surface area contributed by atoms with Crippen LogP contribution in [0.3, 0.4) is 0 Å². The standard InChI is InChI=1S/C6H14.C3H4O4/c1-5(2)6(3)4;4-2(5)1-3(6)7/h5-6H,1-4H3;1H2,(H,4,5)(H,6,7). The summed E-state index contributed by atoms with van der Waals surface area (Å²) in [4.78, 5) is 18.9. The average Bonchev–Trinajstić information content (AvgIpc) is 1.84. The lowest BCUT2D eigenvalue weighted by atomic mass is 10.0. The van der Waals surface area contributed by atoms with E-state index in [0.717, 1.165) is 11.8 Å². The van der Waals surface area contributed by atoms with Crippen molar-refractivity contribution in [2.24, 2.45) is 11.8 Å². The lowest BCUT2D eigenvalue weighted by Gasteiger charge is -2.05. The van der Waals surface area contributed by atoms with Crippen LogP contribution in [0, 0.1) is 11.8 Å². The average molecular weight is 190 g/mol. The number of hydrogen-bond acceptors (Lipinski definition) is 2. The molecule has 0 aromatic heterocycles. The second kappa shape index (κ2) is 7.58. The van der Waals surface area contributed by atoms with Crippen molar-refractivity contribution in [3.05, 3.63) is 0 Å². The highest BCUT2D eigenvalue weighted by molar-refractivity contribution is 5.88. The molecule has 2 N–H and O–H groups in total. The van der Waals surface area contributed by atoms with Gasteiger partial charge in [-0.05, 0) is 11.8 Å². The molecule has 0 aliphatic heterocycles. The van der Waals surface area contributed by atoms with E-state index in [-0.39, 0.29) is 0 Å². The summed E-state index contributed by atoms with van der Waals surface area (Å²) in [5.41, 5.74) is 0. The summed E-state index contributed by atoms with van der Waals surface area (Å²) in [6.45, 7) is 8.96. The minimum Gasteiger partial charge on any atom is -0.481 e. The predicted octanol–water partition coefficient (Wildman–Crippen LogP) is 1.84. The smallest absolute Gasteiger partial charge is 0.314 e. The molecule has 4 nitrogen and oxygen atoms in total.